The van der Waals surface area contributed by atoms with Gasteiger partial charge in [-0.3, -0.25) is 13.9 Å². The molecule has 2 atom stereocenters. The molecule has 3 aromatic carbocycles. The van der Waals surface area contributed by atoms with E-state index in [0.29, 0.717) is 10.7 Å². The van der Waals surface area contributed by atoms with Crippen molar-refractivity contribution < 1.29 is 18.0 Å². The number of hydrogen-bond acceptors (Lipinski definition) is 4. The Kier molecular flexibility index (Phi) is 9.94. The number of carbonyl (C=O) groups excluding carboxylic acids is 2. The summed E-state index contributed by atoms with van der Waals surface area (Å²) in [6.07, 6.45) is 0.733. The molecule has 9 heteroatoms. The average Bonchev–Trinajstić information content (AvgIpc) is 2.90. The average molecular weight is 556 g/mol. The summed E-state index contributed by atoms with van der Waals surface area (Å²) in [6.45, 7) is 6.98. The molecule has 2 amide bonds. The van der Waals surface area contributed by atoms with Crippen LogP contribution in [0.3, 0.4) is 0 Å². The molecule has 0 fully saturated rings. The molecule has 0 aliphatic rings. The largest absolute Gasteiger partial charge is 0.352 e. The van der Waals surface area contributed by atoms with Crippen LogP contribution in [0.25, 0.3) is 0 Å². The molecule has 0 saturated heterocycles. The van der Waals surface area contributed by atoms with E-state index in [1.807, 2.05) is 26.8 Å². The predicted molar refractivity (Wildman–Crippen MR) is 152 cm³/mol. The van der Waals surface area contributed by atoms with Crippen molar-refractivity contribution in [2.24, 2.45) is 0 Å². The highest BCUT2D eigenvalue weighted by molar-refractivity contribution is 7.92. The van der Waals surface area contributed by atoms with Crippen molar-refractivity contribution >= 4 is 39.1 Å². The summed E-state index contributed by atoms with van der Waals surface area (Å²) in [7, 11) is -4.08. The van der Waals surface area contributed by atoms with Crippen molar-refractivity contribution in [1.29, 1.82) is 0 Å². The lowest BCUT2D eigenvalue weighted by atomic mass is 10.1. The molecule has 3 aromatic rings. The zero-order valence-electron chi connectivity index (χ0n) is 22.1. The molecule has 0 aliphatic heterocycles. The van der Waals surface area contributed by atoms with E-state index in [-0.39, 0.29) is 23.4 Å². The van der Waals surface area contributed by atoms with Gasteiger partial charge in [-0.15, -0.1) is 0 Å². The van der Waals surface area contributed by atoms with Gasteiger partial charge in [-0.05, 0) is 69.2 Å². The van der Waals surface area contributed by atoms with E-state index in [2.05, 4.69) is 5.32 Å². The molecule has 38 heavy (non-hydrogen) atoms. The van der Waals surface area contributed by atoms with Crippen molar-refractivity contribution in [3.8, 4) is 0 Å². The summed E-state index contributed by atoms with van der Waals surface area (Å²) in [5, 5.41) is 3.42. The van der Waals surface area contributed by atoms with E-state index in [1.165, 1.54) is 17.0 Å². The minimum atomic E-state index is -4.08. The highest BCUT2D eigenvalue weighted by Gasteiger charge is 2.32. The van der Waals surface area contributed by atoms with Crippen LogP contribution in [0, 0.1) is 6.92 Å². The van der Waals surface area contributed by atoms with Gasteiger partial charge in [-0.1, -0.05) is 66.6 Å². The van der Waals surface area contributed by atoms with E-state index in [9.17, 15) is 18.0 Å². The third-order valence-electron chi connectivity index (χ3n) is 6.34. The van der Waals surface area contributed by atoms with Gasteiger partial charge in [-0.25, -0.2) is 8.42 Å². The van der Waals surface area contributed by atoms with Gasteiger partial charge in [-0.2, -0.15) is 0 Å². The lowest BCUT2D eigenvalue weighted by Gasteiger charge is -2.32. The van der Waals surface area contributed by atoms with Crippen LogP contribution in [0.5, 0.6) is 0 Å². The molecule has 0 bridgehead atoms. The lowest BCUT2D eigenvalue weighted by Crippen LogP contribution is -2.52. The normalized spacial score (nSPS) is 12.9. The van der Waals surface area contributed by atoms with Crippen LogP contribution < -0.4 is 9.62 Å². The van der Waals surface area contributed by atoms with Crippen LogP contribution in [-0.2, 0) is 26.2 Å². The predicted octanol–water partition coefficient (Wildman–Crippen LogP) is 5.18. The highest BCUT2D eigenvalue weighted by atomic mass is 35.5. The molecule has 1 N–H and O–H groups in total. The maximum atomic E-state index is 13.9. The number of amides is 2. The fraction of sp³-hybridized carbons (Fsp3) is 0.310. The van der Waals surface area contributed by atoms with Crippen LogP contribution in [0.4, 0.5) is 5.69 Å². The zero-order valence-corrected chi connectivity index (χ0v) is 23.7. The van der Waals surface area contributed by atoms with Crippen LogP contribution in [0.1, 0.15) is 38.3 Å². The number of halogens is 1. The maximum absolute atomic E-state index is 13.9. The van der Waals surface area contributed by atoms with Gasteiger partial charge in [0.2, 0.25) is 11.8 Å². The van der Waals surface area contributed by atoms with Gasteiger partial charge < -0.3 is 10.2 Å². The number of aryl methyl sites for hydroxylation is 1. The molecule has 0 unspecified atom stereocenters. The summed E-state index contributed by atoms with van der Waals surface area (Å²) in [6, 6.07) is 21.0. The van der Waals surface area contributed by atoms with Crippen LogP contribution in [0.15, 0.2) is 83.8 Å². The van der Waals surface area contributed by atoms with Crippen molar-refractivity contribution in [3.63, 3.8) is 0 Å². The number of benzene rings is 3. The Morgan fingerprint density at radius 1 is 0.947 bits per heavy atom. The summed E-state index contributed by atoms with van der Waals surface area (Å²) in [5.41, 5.74) is 2.03. The second kappa shape index (κ2) is 12.9. The summed E-state index contributed by atoms with van der Waals surface area (Å²) < 4.78 is 28.5. The van der Waals surface area contributed by atoms with Gasteiger partial charge >= 0.3 is 0 Å². The molecule has 0 saturated carbocycles. The third kappa shape index (κ3) is 7.36. The number of anilines is 1. The van der Waals surface area contributed by atoms with Crippen molar-refractivity contribution in [1.82, 2.24) is 10.2 Å². The van der Waals surface area contributed by atoms with Gasteiger partial charge in [0.25, 0.3) is 10.0 Å². The SMILES string of the molecule is CC[C@H](C)NC(=O)[C@@H](C)N(Cc1cccc(Cl)c1)C(=O)CN(c1ccc(C)cc1)S(=O)(=O)c1ccccc1. The minimum Gasteiger partial charge on any atom is -0.352 e. The fourth-order valence-electron chi connectivity index (χ4n) is 3.84. The van der Waals surface area contributed by atoms with Gasteiger partial charge in [0.05, 0.1) is 10.6 Å². The third-order valence-corrected chi connectivity index (χ3v) is 8.37. The number of hydrogen-bond donors (Lipinski definition) is 1. The standard InChI is InChI=1S/C29H34ClN3O4S/c1-5-22(3)31-29(35)23(4)32(19-24-10-9-11-25(30)18-24)28(34)20-33(26-16-14-21(2)15-17-26)38(36,37)27-12-7-6-8-13-27/h6-18,22-23H,5,19-20H2,1-4H3,(H,31,35)/t22-,23+/m0/s1. The number of carbonyl (C=O) groups is 2. The van der Waals surface area contributed by atoms with E-state index >= 15 is 0 Å². The number of rotatable bonds is 11. The molecule has 0 spiro atoms. The molecule has 0 heterocycles. The van der Waals surface area contributed by atoms with Crippen LogP contribution in [-0.4, -0.2) is 43.8 Å². The number of sulfonamides is 1. The van der Waals surface area contributed by atoms with Gasteiger partial charge in [0, 0.05) is 17.6 Å². The smallest absolute Gasteiger partial charge is 0.264 e. The second-order valence-electron chi connectivity index (χ2n) is 9.31. The van der Waals surface area contributed by atoms with E-state index in [4.69, 9.17) is 11.6 Å². The Bertz CT molecular complexity index is 1350. The highest BCUT2D eigenvalue weighted by Crippen LogP contribution is 2.25. The van der Waals surface area contributed by atoms with Gasteiger partial charge in [0.1, 0.15) is 12.6 Å². The molecule has 202 valence electrons. The molecule has 7 nitrogen and oxygen atoms in total. The Hall–Kier alpha value is -3.36. The van der Waals surface area contributed by atoms with E-state index < -0.39 is 28.5 Å². The molecular weight excluding hydrogens is 522 g/mol. The summed E-state index contributed by atoms with van der Waals surface area (Å²) in [5.74, 6) is -0.834. The molecule has 3 rings (SSSR count). The summed E-state index contributed by atoms with van der Waals surface area (Å²) >= 11 is 6.17. The molecule has 0 radical (unpaired) electrons. The zero-order chi connectivity index (χ0) is 27.9. The Balaban J connectivity index is 2.01. The van der Waals surface area contributed by atoms with Crippen LogP contribution >= 0.6 is 11.6 Å². The van der Waals surface area contributed by atoms with Crippen molar-refractivity contribution in [2.45, 2.75) is 57.6 Å². The lowest BCUT2D eigenvalue weighted by molar-refractivity contribution is -0.139. The molecule has 0 aromatic heterocycles. The maximum Gasteiger partial charge on any atom is 0.264 e. The Morgan fingerprint density at radius 3 is 2.21 bits per heavy atom. The van der Waals surface area contributed by atoms with Crippen molar-refractivity contribution in [3.05, 3.63) is 95.0 Å². The quantitative estimate of drug-likeness (QED) is 0.353. The first-order valence-electron chi connectivity index (χ1n) is 12.5. The topological polar surface area (TPSA) is 86.8 Å². The summed E-state index contributed by atoms with van der Waals surface area (Å²) in [4.78, 5) is 28.4. The van der Waals surface area contributed by atoms with Crippen molar-refractivity contribution in [2.75, 3.05) is 10.8 Å². The molecule has 0 aliphatic carbocycles. The number of nitrogens with zero attached hydrogens (tertiary/aromatic N) is 2. The van der Waals surface area contributed by atoms with E-state index in [1.54, 1.807) is 67.6 Å². The van der Waals surface area contributed by atoms with E-state index in [0.717, 1.165) is 21.9 Å². The number of nitrogens with one attached hydrogen (secondary N) is 1. The fourth-order valence-corrected chi connectivity index (χ4v) is 5.49. The Labute approximate surface area is 230 Å². The monoisotopic (exact) mass is 555 g/mol. The van der Waals surface area contributed by atoms with Crippen LogP contribution in [0.2, 0.25) is 5.02 Å². The first-order valence-corrected chi connectivity index (χ1v) is 14.3. The second-order valence-corrected chi connectivity index (χ2v) is 11.6. The molecular formula is C29H34ClN3O4S. The first-order chi connectivity index (χ1) is 18.0. The first kappa shape index (κ1) is 29.2. The minimum absolute atomic E-state index is 0.0670. The Morgan fingerprint density at radius 2 is 1.61 bits per heavy atom. The van der Waals surface area contributed by atoms with Gasteiger partial charge in [0.15, 0.2) is 0 Å².